The topological polar surface area (TPSA) is 21.3 Å². The van der Waals surface area contributed by atoms with Crippen molar-refractivity contribution in [3.8, 4) is 5.75 Å². The van der Waals surface area contributed by atoms with Gasteiger partial charge < -0.3 is 10.1 Å². The van der Waals surface area contributed by atoms with Crippen LogP contribution in [0.2, 0.25) is 0 Å². The van der Waals surface area contributed by atoms with Crippen LogP contribution in [0.15, 0.2) is 36.4 Å². The van der Waals surface area contributed by atoms with Crippen LogP contribution in [0, 0.1) is 0 Å². The lowest BCUT2D eigenvalue weighted by molar-refractivity contribution is 0.309. The smallest absolute Gasteiger partial charge is 0.122 e. The fourth-order valence-electron chi connectivity index (χ4n) is 2.25. The molecular formula is C18H23NOS. The molecule has 0 atom stereocenters. The largest absolute Gasteiger partial charge is 0.488 e. The van der Waals surface area contributed by atoms with E-state index >= 15 is 0 Å². The minimum absolute atomic E-state index is 0.537. The summed E-state index contributed by atoms with van der Waals surface area (Å²) in [5, 5.41) is 3.55. The molecule has 3 heteroatoms. The second-order valence-corrected chi connectivity index (χ2v) is 7.29. The number of rotatable bonds is 7. The number of hydrogen-bond donors (Lipinski definition) is 1. The Morgan fingerprint density at radius 2 is 2.00 bits per heavy atom. The van der Waals surface area contributed by atoms with Crippen molar-refractivity contribution >= 4 is 11.3 Å². The fourth-order valence-corrected chi connectivity index (χ4v) is 3.13. The van der Waals surface area contributed by atoms with Crippen molar-refractivity contribution in [1.29, 1.82) is 0 Å². The highest BCUT2D eigenvalue weighted by Crippen LogP contribution is 2.24. The molecule has 1 aliphatic rings. The predicted molar refractivity (Wildman–Crippen MR) is 89.0 cm³/mol. The Bertz CT molecular complexity index is 586. The number of ether oxygens (including phenoxy) is 1. The molecule has 2 aromatic rings. The van der Waals surface area contributed by atoms with Crippen LogP contribution in [-0.4, -0.2) is 6.04 Å². The van der Waals surface area contributed by atoms with Gasteiger partial charge in [-0.15, -0.1) is 11.3 Å². The second-order valence-electron chi connectivity index (χ2n) is 6.04. The van der Waals surface area contributed by atoms with Gasteiger partial charge in [-0.05, 0) is 48.6 Å². The zero-order valence-corrected chi connectivity index (χ0v) is 13.6. The van der Waals surface area contributed by atoms with Gasteiger partial charge >= 0.3 is 0 Å². The average molecular weight is 301 g/mol. The van der Waals surface area contributed by atoms with E-state index in [4.69, 9.17) is 4.74 Å². The maximum Gasteiger partial charge on any atom is 0.122 e. The number of benzene rings is 1. The van der Waals surface area contributed by atoms with E-state index in [1.54, 1.807) is 0 Å². The molecule has 1 fully saturated rings. The molecule has 0 unspecified atom stereocenters. The van der Waals surface area contributed by atoms with Crippen molar-refractivity contribution in [2.24, 2.45) is 0 Å². The maximum atomic E-state index is 5.92. The van der Waals surface area contributed by atoms with Crippen LogP contribution < -0.4 is 10.1 Å². The summed E-state index contributed by atoms with van der Waals surface area (Å²) in [7, 11) is 0. The Labute approximate surface area is 131 Å². The summed E-state index contributed by atoms with van der Waals surface area (Å²) >= 11 is 1.84. The molecular weight excluding hydrogens is 278 g/mol. The zero-order chi connectivity index (χ0) is 14.7. The number of hydrogen-bond acceptors (Lipinski definition) is 3. The average Bonchev–Trinajstić information content (AvgIpc) is 3.21. The van der Waals surface area contributed by atoms with Crippen molar-refractivity contribution in [1.82, 2.24) is 5.32 Å². The van der Waals surface area contributed by atoms with Gasteiger partial charge in [0.15, 0.2) is 0 Å². The van der Waals surface area contributed by atoms with Crippen molar-refractivity contribution in [3.05, 3.63) is 51.7 Å². The lowest BCUT2D eigenvalue weighted by atomic mass is 10.0. The molecule has 1 heterocycles. The molecule has 0 amide bonds. The molecule has 0 aliphatic heterocycles. The summed E-state index contributed by atoms with van der Waals surface area (Å²) in [5.41, 5.74) is 1.33. The molecule has 21 heavy (non-hydrogen) atoms. The highest BCUT2D eigenvalue weighted by Gasteiger charge is 2.20. The van der Waals surface area contributed by atoms with Gasteiger partial charge in [0.2, 0.25) is 0 Å². The first kappa shape index (κ1) is 14.6. The zero-order valence-electron chi connectivity index (χ0n) is 12.8. The summed E-state index contributed by atoms with van der Waals surface area (Å²) in [6, 6.07) is 13.6. The number of thiophene rings is 1. The normalized spacial score (nSPS) is 14.6. The second kappa shape index (κ2) is 6.63. The molecule has 0 bridgehead atoms. The molecule has 3 rings (SSSR count). The standard InChI is InChI=1S/C18H23NOS/c1-13(2)14-4-3-5-16(10-14)20-12-18-9-8-17(21-18)11-19-15-6-7-15/h3-5,8-10,13,15,19H,6-7,11-12H2,1-2H3. The van der Waals surface area contributed by atoms with Gasteiger partial charge in [-0.3, -0.25) is 0 Å². The van der Waals surface area contributed by atoms with E-state index in [-0.39, 0.29) is 0 Å². The molecule has 1 aliphatic carbocycles. The predicted octanol–water partition coefficient (Wildman–Crippen LogP) is 4.70. The van der Waals surface area contributed by atoms with Gasteiger partial charge in [0.1, 0.15) is 12.4 Å². The lowest BCUT2D eigenvalue weighted by Gasteiger charge is -2.09. The van der Waals surface area contributed by atoms with E-state index in [0.29, 0.717) is 12.5 Å². The first-order chi connectivity index (χ1) is 10.2. The van der Waals surface area contributed by atoms with Gasteiger partial charge in [-0.2, -0.15) is 0 Å². The third-order valence-electron chi connectivity index (χ3n) is 3.77. The SMILES string of the molecule is CC(C)c1cccc(OCc2ccc(CNC3CC3)s2)c1. The molecule has 0 saturated heterocycles. The Balaban J connectivity index is 1.53. The Morgan fingerprint density at radius 3 is 2.76 bits per heavy atom. The van der Waals surface area contributed by atoms with Crippen LogP contribution in [0.25, 0.3) is 0 Å². The quantitative estimate of drug-likeness (QED) is 0.800. The monoisotopic (exact) mass is 301 g/mol. The van der Waals surface area contributed by atoms with Crippen molar-refractivity contribution in [2.45, 2.75) is 51.8 Å². The molecule has 0 spiro atoms. The van der Waals surface area contributed by atoms with E-state index in [2.05, 4.69) is 49.5 Å². The summed E-state index contributed by atoms with van der Waals surface area (Å²) in [6.45, 7) is 6.07. The first-order valence-electron chi connectivity index (χ1n) is 7.74. The van der Waals surface area contributed by atoms with Crippen molar-refractivity contribution < 1.29 is 4.74 Å². The molecule has 1 N–H and O–H groups in total. The van der Waals surface area contributed by atoms with E-state index < -0.39 is 0 Å². The van der Waals surface area contributed by atoms with Gasteiger partial charge in [0.25, 0.3) is 0 Å². The Hall–Kier alpha value is -1.32. The third kappa shape index (κ3) is 4.32. The maximum absolute atomic E-state index is 5.92. The Morgan fingerprint density at radius 1 is 1.19 bits per heavy atom. The minimum atomic E-state index is 0.537. The molecule has 1 aromatic heterocycles. The molecule has 112 valence electrons. The third-order valence-corrected chi connectivity index (χ3v) is 4.82. The van der Waals surface area contributed by atoms with Gasteiger partial charge in [-0.25, -0.2) is 0 Å². The first-order valence-corrected chi connectivity index (χ1v) is 8.56. The molecule has 2 nitrogen and oxygen atoms in total. The van der Waals surface area contributed by atoms with Crippen LogP contribution in [0.1, 0.15) is 47.9 Å². The fraction of sp³-hybridized carbons (Fsp3) is 0.444. The van der Waals surface area contributed by atoms with E-state index in [1.165, 1.54) is 28.2 Å². The van der Waals surface area contributed by atoms with Crippen LogP contribution in [0.4, 0.5) is 0 Å². The van der Waals surface area contributed by atoms with Gasteiger partial charge in [0.05, 0.1) is 0 Å². The van der Waals surface area contributed by atoms with Gasteiger partial charge in [0, 0.05) is 22.3 Å². The summed E-state index contributed by atoms with van der Waals surface area (Å²) in [4.78, 5) is 2.69. The summed E-state index contributed by atoms with van der Waals surface area (Å²) in [6.07, 6.45) is 2.68. The highest BCUT2D eigenvalue weighted by atomic mass is 32.1. The van der Waals surface area contributed by atoms with Crippen LogP contribution >= 0.6 is 11.3 Å². The van der Waals surface area contributed by atoms with Crippen LogP contribution in [0.5, 0.6) is 5.75 Å². The van der Waals surface area contributed by atoms with E-state index in [9.17, 15) is 0 Å². The molecule has 1 aromatic carbocycles. The Kier molecular flexibility index (Phi) is 4.61. The van der Waals surface area contributed by atoms with Crippen LogP contribution in [-0.2, 0) is 13.2 Å². The van der Waals surface area contributed by atoms with E-state index in [0.717, 1.165) is 18.3 Å². The lowest BCUT2D eigenvalue weighted by Crippen LogP contribution is -2.14. The number of nitrogens with one attached hydrogen (secondary N) is 1. The van der Waals surface area contributed by atoms with E-state index in [1.807, 2.05) is 17.4 Å². The molecule has 1 saturated carbocycles. The minimum Gasteiger partial charge on any atom is -0.488 e. The van der Waals surface area contributed by atoms with Crippen molar-refractivity contribution in [3.63, 3.8) is 0 Å². The highest BCUT2D eigenvalue weighted by molar-refractivity contribution is 7.11. The molecule has 0 radical (unpaired) electrons. The summed E-state index contributed by atoms with van der Waals surface area (Å²) < 4.78 is 5.92. The van der Waals surface area contributed by atoms with Crippen molar-refractivity contribution in [2.75, 3.05) is 0 Å². The van der Waals surface area contributed by atoms with Gasteiger partial charge in [-0.1, -0.05) is 26.0 Å². The summed E-state index contributed by atoms with van der Waals surface area (Å²) in [5.74, 6) is 1.50. The van der Waals surface area contributed by atoms with Crippen LogP contribution in [0.3, 0.4) is 0 Å².